The minimum Gasteiger partial charge on any atom is -0.497 e. The largest absolute Gasteiger partial charge is 0.497 e. The molecule has 1 aliphatic carbocycles. The number of rotatable bonds is 13. The molecule has 1 aliphatic rings. The van der Waals surface area contributed by atoms with Crippen molar-refractivity contribution in [2.24, 2.45) is 5.92 Å². The standard InChI is InChI=1S/C26H36N2O6S/c1-5-27(6-2)22-11-10-21(19-28(16-17-32-3)26(29)20-8-7-9-20)25(18-22)34-35(30,31)24-14-12-23(33-4)13-15-24/h10-15,18,20H,5-9,16-17,19H2,1-4H3. The first-order valence-electron chi connectivity index (χ1n) is 12.1. The fraction of sp³-hybridized carbons (Fsp3) is 0.500. The summed E-state index contributed by atoms with van der Waals surface area (Å²) in [5.41, 5.74) is 1.48. The van der Waals surface area contributed by atoms with Gasteiger partial charge in [0.1, 0.15) is 16.4 Å². The summed E-state index contributed by atoms with van der Waals surface area (Å²) < 4.78 is 42.3. The van der Waals surface area contributed by atoms with Gasteiger partial charge >= 0.3 is 10.1 Å². The van der Waals surface area contributed by atoms with Crippen LogP contribution in [0.4, 0.5) is 5.69 Å². The molecular weight excluding hydrogens is 468 g/mol. The van der Waals surface area contributed by atoms with Crippen molar-refractivity contribution in [2.75, 3.05) is 45.4 Å². The smallest absolute Gasteiger partial charge is 0.339 e. The maximum absolute atomic E-state index is 13.2. The molecule has 192 valence electrons. The number of ether oxygens (including phenoxy) is 2. The molecule has 0 bridgehead atoms. The van der Waals surface area contributed by atoms with Gasteiger partial charge in [0.25, 0.3) is 0 Å². The summed E-state index contributed by atoms with van der Waals surface area (Å²) in [5, 5.41) is 0. The van der Waals surface area contributed by atoms with E-state index in [1.165, 1.54) is 19.2 Å². The number of benzene rings is 2. The van der Waals surface area contributed by atoms with Gasteiger partial charge in [-0.25, -0.2) is 0 Å². The van der Waals surface area contributed by atoms with E-state index in [1.807, 2.05) is 26.0 Å². The second-order valence-corrected chi connectivity index (χ2v) is 10.1. The zero-order chi connectivity index (χ0) is 25.4. The minimum absolute atomic E-state index is 0.0224. The van der Waals surface area contributed by atoms with Crippen molar-refractivity contribution in [2.45, 2.75) is 44.6 Å². The second kappa shape index (κ2) is 12.3. The zero-order valence-corrected chi connectivity index (χ0v) is 21.8. The van der Waals surface area contributed by atoms with Gasteiger partial charge < -0.3 is 23.5 Å². The lowest BCUT2D eigenvalue weighted by atomic mass is 9.84. The Morgan fingerprint density at radius 1 is 1.03 bits per heavy atom. The van der Waals surface area contributed by atoms with Crippen LogP contribution >= 0.6 is 0 Å². The third-order valence-corrected chi connectivity index (χ3v) is 7.67. The first-order valence-corrected chi connectivity index (χ1v) is 13.5. The number of methoxy groups -OCH3 is 2. The van der Waals surface area contributed by atoms with E-state index in [0.29, 0.717) is 24.5 Å². The van der Waals surface area contributed by atoms with E-state index in [1.54, 1.807) is 30.2 Å². The van der Waals surface area contributed by atoms with Crippen molar-refractivity contribution >= 4 is 21.7 Å². The molecule has 35 heavy (non-hydrogen) atoms. The maximum atomic E-state index is 13.2. The van der Waals surface area contributed by atoms with Gasteiger partial charge in [-0.05, 0) is 57.0 Å². The van der Waals surface area contributed by atoms with Crippen LogP contribution in [0.2, 0.25) is 0 Å². The van der Waals surface area contributed by atoms with Crippen LogP contribution in [0.3, 0.4) is 0 Å². The maximum Gasteiger partial charge on any atom is 0.339 e. The number of hydrogen-bond donors (Lipinski definition) is 0. The first-order chi connectivity index (χ1) is 16.8. The minimum atomic E-state index is -4.10. The van der Waals surface area contributed by atoms with Gasteiger partial charge in [-0.3, -0.25) is 4.79 Å². The van der Waals surface area contributed by atoms with Gasteiger partial charge in [-0.15, -0.1) is 0 Å². The lowest BCUT2D eigenvalue weighted by Gasteiger charge is -2.32. The fourth-order valence-electron chi connectivity index (χ4n) is 4.03. The molecule has 1 fully saturated rings. The quantitative estimate of drug-likeness (QED) is 0.380. The Labute approximate surface area is 208 Å². The number of nitrogens with zero attached hydrogens (tertiary/aromatic N) is 2. The van der Waals surface area contributed by atoms with E-state index in [4.69, 9.17) is 13.7 Å². The Morgan fingerprint density at radius 2 is 1.71 bits per heavy atom. The SMILES string of the molecule is CCN(CC)c1ccc(CN(CCOC)C(=O)C2CCC2)c(OS(=O)(=O)c2ccc(OC)cc2)c1. The highest BCUT2D eigenvalue weighted by molar-refractivity contribution is 7.87. The fourth-order valence-corrected chi connectivity index (χ4v) is 4.99. The zero-order valence-electron chi connectivity index (χ0n) is 21.0. The molecule has 9 heteroatoms. The van der Waals surface area contributed by atoms with E-state index in [9.17, 15) is 13.2 Å². The summed E-state index contributed by atoms with van der Waals surface area (Å²) in [7, 11) is -0.985. The molecular formula is C26H36N2O6S. The summed E-state index contributed by atoms with van der Waals surface area (Å²) >= 11 is 0. The Balaban J connectivity index is 1.95. The average Bonchev–Trinajstić information content (AvgIpc) is 2.82. The van der Waals surface area contributed by atoms with Crippen molar-refractivity contribution in [3.63, 3.8) is 0 Å². The van der Waals surface area contributed by atoms with E-state index in [2.05, 4.69) is 4.90 Å². The first kappa shape index (κ1) is 26.8. The molecule has 1 saturated carbocycles. The summed E-state index contributed by atoms with van der Waals surface area (Å²) in [6.45, 7) is 6.67. The Morgan fingerprint density at radius 3 is 2.26 bits per heavy atom. The molecule has 1 amide bonds. The van der Waals surface area contributed by atoms with Crippen LogP contribution in [-0.2, 0) is 26.2 Å². The molecule has 0 aliphatic heterocycles. The molecule has 0 N–H and O–H groups in total. The summed E-state index contributed by atoms with van der Waals surface area (Å²) in [6, 6.07) is 11.6. The van der Waals surface area contributed by atoms with E-state index < -0.39 is 10.1 Å². The van der Waals surface area contributed by atoms with Crippen LogP contribution in [0.5, 0.6) is 11.5 Å². The molecule has 0 aromatic heterocycles. The second-order valence-electron chi connectivity index (χ2n) is 8.56. The van der Waals surface area contributed by atoms with E-state index in [-0.39, 0.29) is 29.0 Å². The molecule has 0 radical (unpaired) electrons. The lowest BCUT2D eigenvalue weighted by molar-refractivity contribution is -0.139. The molecule has 0 spiro atoms. The number of carbonyl (C=O) groups is 1. The molecule has 2 aromatic rings. The van der Waals surface area contributed by atoms with E-state index >= 15 is 0 Å². The number of amides is 1. The highest BCUT2D eigenvalue weighted by Gasteiger charge is 2.30. The molecule has 3 rings (SSSR count). The third kappa shape index (κ3) is 6.67. The Hall–Kier alpha value is -2.78. The molecule has 0 saturated heterocycles. The predicted octanol–water partition coefficient (Wildman–Crippen LogP) is 4.08. The van der Waals surface area contributed by atoms with Gasteiger partial charge in [0, 0.05) is 56.5 Å². The van der Waals surface area contributed by atoms with Crippen molar-refractivity contribution in [1.29, 1.82) is 0 Å². The molecule has 0 unspecified atom stereocenters. The average molecular weight is 505 g/mol. The molecule has 0 atom stereocenters. The van der Waals surface area contributed by atoms with E-state index in [0.717, 1.165) is 38.0 Å². The third-order valence-electron chi connectivity index (χ3n) is 6.42. The molecule has 0 heterocycles. The van der Waals surface area contributed by atoms with Gasteiger partial charge in [0.2, 0.25) is 5.91 Å². The van der Waals surface area contributed by atoms with Crippen LogP contribution in [0.15, 0.2) is 47.4 Å². The Bertz CT molecular complexity index is 1080. The normalized spacial score (nSPS) is 13.7. The van der Waals surface area contributed by atoms with Crippen LogP contribution in [0.25, 0.3) is 0 Å². The molecule has 2 aromatic carbocycles. The topological polar surface area (TPSA) is 85.4 Å². The predicted molar refractivity (Wildman–Crippen MR) is 135 cm³/mol. The van der Waals surface area contributed by atoms with Gasteiger partial charge in [0.15, 0.2) is 0 Å². The summed E-state index contributed by atoms with van der Waals surface area (Å²) in [5.74, 6) is 0.866. The highest BCUT2D eigenvalue weighted by atomic mass is 32.2. The molecule has 8 nitrogen and oxygen atoms in total. The van der Waals surface area contributed by atoms with Crippen LogP contribution < -0.4 is 13.8 Å². The van der Waals surface area contributed by atoms with Crippen LogP contribution in [0.1, 0.15) is 38.7 Å². The van der Waals surface area contributed by atoms with Crippen molar-refractivity contribution in [3.8, 4) is 11.5 Å². The lowest BCUT2D eigenvalue weighted by Crippen LogP contribution is -2.40. The van der Waals surface area contributed by atoms with Gasteiger partial charge in [-0.1, -0.05) is 12.5 Å². The number of carbonyl (C=O) groups excluding carboxylic acids is 1. The van der Waals surface area contributed by atoms with Gasteiger partial charge in [-0.2, -0.15) is 8.42 Å². The van der Waals surface area contributed by atoms with Crippen LogP contribution in [-0.4, -0.2) is 59.7 Å². The monoisotopic (exact) mass is 504 g/mol. The van der Waals surface area contributed by atoms with Crippen LogP contribution in [0, 0.1) is 5.92 Å². The van der Waals surface area contributed by atoms with Crippen molar-refractivity contribution in [1.82, 2.24) is 4.90 Å². The van der Waals surface area contributed by atoms with Gasteiger partial charge in [0.05, 0.1) is 13.7 Å². The summed E-state index contributed by atoms with van der Waals surface area (Å²) in [6.07, 6.45) is 2.83. The number of hydrogen-bond acceptors (Lipinski definition) is 7. The Kier molecular flexibility index (Phi) is 9.40. The van der Waals surface area contributed by atoms with Crippen molar-refractivity contribution < 1.29 is 26.9 Å². The highest BCUT2D eigenvalue weighted by Crippen LogP contribution is 2.32. The number of anilines is 1. The van der Waals surface area contributed by atoms with Crippen molar-refractivity contribution in [3.05, 3.63) is 48.0 Å². The summed E-state index contributed by atoms with van der Waals surface area (Å²) in [4.78, 5) is 17.0.